The SMILES string of the molecule is C#CCCC(=O)NCCNCCOC. The highest BCUT2D eigenvalue weighted by molar-refractivity contribution is 5.76. The molecule has 14 heavy (non-hydrogen) atoms. The lowest BCUT2D eigenvalue weighted by Gasteiger charge is -2.05. The smallest absolute Gasteiger partial charge is 0.220 e. The Morgan fingerprint density at radius 2 is 2.21 bits per heavy atom. The average molecular weight is 198 g/mol. The van der Waals surface area contributed by atoms with Gasteiger partial charge in [-0.05, 0) is 0 Å². The van der Waals surface area contributed by atoms with Gasteiger partial charge < -0.3 is 15.4 Å². The first kappa shape index (κ1) is 12.9. The van der Waals surface area contributed by atoms with Gasteiger partial charge in [-0.2, -0.15) is 0 Å². The van der Waals surface area contributed by atoms with Crippen molar-refractivity contribution in [2.45, 2.75) is 12.8 Å². The van der Waals surface area contributed by atoms with Gasteiger partial charge in [0.05, 0.1) is 6.61 Å². The van der Waals surface area contributed by atoms with Crippen LogP contribution in [0.3, 0.4) is 0 Å². The summed E-state index contributed by atoms with van der Waals surface area (Å²) in [7, 11) is 1.66. The summed E-state index contributed by atoms with van der Waals surface area (Å²) in [5, 5.41) is 5.87. The maximum atomic E-state index is 11.0. The van der Waals surface area contributed by atoms with E-state index in [4.69, 9.17) is 11.2 Å². The fourth-order valence-electron chi connectivity index (χ4n) is 0.864. The number of methoxy groups -OCH3 is 1. The fraction of sp³-hybridized carbons (Fsp3) is 0.700. The molecule has 0 saturated heterocycles. The molecule has 0 radical (unpaired) electrons. The lowest BCUT2D eigenvalue weighted by Crippen LogP contribution is -2.32. The van der Waals surface area contributed by atoms with E-state index in [1.807, 2.05) is 0 Å². The highest BCUT2D eigenvalue weighted by Gasteiger charge is 1.97. The topological polar surface area (TPSA) is 50.4 Å². The Bertz CT molecular complexity index is 187. The predicted molar refractivity (Wildman–Crippen MR) is 55.8 cm³/mol. The van der Waals surface area contributed by atoms with Crippen molar-refractivity contribution in [3.05, 3.63) is 0 Å². The van der Waals surface area contributed by atoms with Crippen molar-refractivity contribution >= 4 is 5.91 Å². The van der Waals surface area contributed by atoms with Gasteiger partial charge in [-0.3, -0.25) is 4.79 Å². The van der Waals surface area contributed by atoms with Gasteiger partial charge in [-0.15, -0.1) is 12.3 Å². The van der Waals surface area contributed by atoms with E-state index in [0.717, 1.165) is 13.1 Å². The van der Waals surface area contributed by atoms with Gasteiger partial charge in [0.2, 0.25) is 5.91 Å². The maximum Gasteiger partial charge on any atom is 0.220 e. The number of rotatable bonds is 8. The minimum Gasteiger partial charge on any atom is -0.383 e. The summed E-state index contributed by atoms with van der Waals surface area (Å²) >= 11 is 0. The van der Waals surface area contributed by atoms with Crippen molar-refractivity contribution < 1.29 is 9.53 Å². The summed E-state index contributed by atoms with van der Waals surface area (Å²) in [5.41, 5.74) is 0. The van der Waals surface area contributed by atoms with Gasteiger partial charge in [0, 0.05) is 39.6 Å². The fourth-order valence-corrected chi connectivity index (χ4v) is 0.864. The molecule has 0 saturated carbocycles. The van der Waals surface area contributed by atoms with Crippen molar-refractivity contribution in [1.29, 1.82) is 0 Å². The lowest BCUT2D eigenvalue weighted by molar-refractivity contribution is -0.120. The minimum absolute atomic E-state index is 0.0106. The average Bonchev–Trinajstić information content (AvgIpc) is 2.20. The molecule has 4 nitrogen and oxygen atoms in total. The van der Waals surface area contributed by atoms with E-state index in [1.54, 1.807) is 7.11 Å². The molecule has 0 rings (SSSR count). The second kappa shape index (κ2) is 10.0. The highest BCUT2D eigenvalue weighted by Crippen LogP contribution is 1.84. The quantitative estimate of drug-likeness (QED) is 0.418. The van der Waals surface area contributed by atoms with Gasteiger partial charge in [-0.1, -0.05) is 0 Å². The van der Waals surface area contributed by atoms with E-state index in [2.05, 4.69) is 16.6 Å². The molecule has 0 fully saturated rings. The van der Waals surface area contributed by atoms with Crippen molar-refractivity contribution in [3.8, 4) is 12.3 Å². The molecule has 0 aromatic carbocycles. The first-order chi connectivity index (χ1) is 6.81. The number of carbonyl (C=O) groups excluding carboxylic acids is 1. The van der Waals surface area contributed by atoms with Crippen LogP contribution in [0.1, 0.15) is 12.8 Å². The molecule has 80 valence electrons. The zero-order valence-electron chi connectivity index (χ0n) is 8.64. The lowest BCUT2D eigenvalue weighted by atomic mass is 10.3. The third-order valence-corrected chi connectivity index (χ3v) is 1.60. The van der Waals surface area contributed by atoms with E-state index in [1.165, 1.54) is 0 Å². The van der Waals surface area contributed by atoms with Gasteiger partial charge in [0.1, 0.15) is 0 Å². The van der Waals surface area contributed by atoms with Gasteiger partial charge in [0.15, 0.2) is 0 Å². The first-order valence-corrected chi connectivity index (χ1v) is 4.71. The first-order valence-electron chi connectivity index (χ1n) is 4.71. The molecule has 0 unspecified atom stereocenters. The van der Waals surface area contributed by atoms with E-state index in [0.29, 0.717) is 26.0 Å². The van der Waals surface area contributed by atoms with Gasteiger partial charge >= 0.3 is 0 Å². The molecule has 2 N–H and O–H groups in total. The Labute approximate surface area is 85.4 Å². The Balaban J connectivity index is 3.11. The number of amides is 1. The molecule has 0 aliphatic heterocycles. The third-order valence-electron chi connectivity index (χ3n) is 1.60. The number of terminal acetylenes is 1. The van der Waals surface area contributed by atoms with Crippen molar-refractivity contribution in [1.82, 2.24) is 10.6 Å². The van der Waals surface area contributed by atoms with E-state index in [-0.39, 0.29) is 5.91 Å². The molecule has 4 heteroatoms. The summed E-state index contributed by atoms with van der Waals surface area (Å²) in [6.07, 6.45) is 5.94. The number of hydrogen-bond donors (Lipinski definition) is 2. The van der Waals surface area contributed by atoms with E-state index < -0.39 is 0 Å². The van der Waals surface area contributed by atoms with Crippen molar-refractivity contribution in [2.75, 3.05) is 33.4 Å². The van der Waals surface area contributed by atoms with Crippen LogP contribution >= 0.6 is 0 Å². The second-order valence-electron chi connectivity index (χ2n) is 2.80. The molecule has 0 heterocycles. The molecular formula is C10H18N2O2. The van der Waals surface area contributed by atoms with Crippen molar-refractivity contribution in [2.24, 2.45) is 0 Å². The summed E-state index contributed by atoms with van der Waals surface area (Å²) < 4.78 is 4.85. The minimum atomic E-state index is 0.0106. The normalized spacial score (nSPS) is 9.43. The zero-order valence-corrected chi connectivity index (χ0v) is 8.64. The largest absolute Gasteiger partial charge is 0.383 e. The standard InChI is InChI=1S/C10H18N2O2/c1-3-4-5-10(13)12-7-6-11-8-9-14-2/h1,11H,4-9H2,2H3,(H,12,13). The molecule has 0 bridgehead atoms. The van der Waals surface area contributed by atoms with Gasteiger partial charge in [-0.25, -0.2) is 0 Å². The summed E-state index contributed by atoms with van der Waals surface area (Å²) in [6.45, 7) is 2.88. The Morgan fingerprint density at radius 1 is 1.43 bits per heavy atom. The number of ether oxygens (including phenoxy) is 1. The number of hydrogen-bond acceptors (Lipinski definition) is 3. The van der Waals surface area contributed by atoms with Crippen LogP contribution < -0.4 is 10.6 Å². The highest BCUT2D eigenvalue weighted by atomic mass is 16.5. The van der Waals surface area contributed by atoms with Crippen LogP contribution in [0.15, 0.2) is 0 Å². The number of carbonyl (C=O) groups is 1. The van der Waals surface area contributed by atoms with E-state index in [9.17, 15) is 4.79 Å². The van der Waals surface area contributed by atoms with Crippen LogP contribution in [0, 0.1) is 12.3 Å². The molecule has 0 aliphatic carbocycles. The third kappa shape index (κ3) is 9.04. The number of nitrogens with one attached hydrogen (secondary N) is 2. The monoisotopic (exact) mass is 198 g/mol. The van der Waals surface area contributed by atoms with Crippen molar-refractivity contribution in [3.63, 3.8) is 0 Å². The van der Waals surface area contributed by atoms with Gasteiger partial charge in [0.25, 0.3) is 0 Å². The van der Waals surface area contributed by atoms with Crippen LogP contribution in [0.5, 0.6) is 0 Å². The molecule has 0 aromatic rings. The summed E-state index contributed by atoms with van der Waals surface area (Å²) in [6, 6.07) is 0. The Hall–Kier alpha value is -1.05. The Morgan fingerprint density at radius 3 is 2.86 bits per heavy atom. The van der Waals surface area contributed by atoms with Crippen LogP contribution in [0.4, 0.5) is 0 Å². The molecular weight excluding hydrogens is 180 g/mol. The predicted octanol–water partition coefficient (Wildman–Crippen LogP) is -0.248. The van der Waals surface area contributed by atoms with E-state index >= 15 is 0 Å². The Kier molecular flexibility index (Phi) is 9.28. The van der Waals surface area contributed by atoms with Crippen LogP contribution in [0.2, 0.25) is 0 Å². The summed E-state index contributed by atoms with van der Waals surface area (Å²) in [5.74, 6) is 2.43. The summed E-state index contributed by atoms with van der Waals surface area (Å²) in [4.78, 5) is 11.0. The zero-order chi connectivity index (χ0) is 10.6. The molecule has 0 atom stereocenters. The molecule has 0 aromatic heterocycles. The maximum absolute atomic E-state index is 11.0. The second-order valence-corrected chi connectivity index (χ2v) is 2.80. The molecule has 1 amide bonds. The van der Waals surface area contributed by atoms with Crippen LogP contribution in [-0.4, -0.2) is 39.3 Å². The molecule has 0 aliphatic rings. The van der Waals surface area contributed by atoms with Crippen LogP contribution in [-0.2, 0) is 9.53 Å². The van der Waals surface area contributed by atoms with Crippen LogP contribution in [0.25, 0.3) is 0 Å². The molecule has 0 spiro atoms.